The number of aromatic amines is 1. The molecule has 31 heavy (non-hydrogen) atoms. The van der Waals surface area contributed by atoms with Crippen LogP contribution < -0.4 is 5.56 Å². The number of rotatable bonds is 4. The third-order valence-corrected chi connectivity index (χ3v) is 5.30. The second-order valence-corrected chi connectivity index (χ2v) is 8.91. The van der Waals surface area contributed by atoms with Gasteiger partial charge in [0.2, 0.25) is 0 Å². The van der Waals surface area contributed by atoms with Gasteiger partial charge in [0, 0.05) is 19.5 Å². The Balaban J connectivity index is 1.88. The van der Waals surface area contributed by atoms with Crippen molar-refractivity contribution < 1.29 is 22.7 Å². The second kappa shape index (κ2) is 8.51. The van der Waals surface area contributed by atoms with E-state index in [1.54, 1.807) is 30.4 Å². The van der Waals surface area contributed by atoms with Crippen LogP contribution in [0.25, 0.3) is 11.0 Å². The van der Waals surface area contributed by atoms with Crippen LogP contribution in [-0.4, -0.2) is 55.6 Å². The average Bonchev–Trinajstić information content (AvgIpc) is 3.08. The van der Waals surface area contributed by atoms with Crippen LogP contribution in [0, 0.1) is 5.92 Å². The van der Waals surface area contributed by atoms with Crippen molar-refractivity contribution >= 4 is 17.1 Å². The number of nitrogens with one attached hydrogen (secondary N) is 1. The highest BCUT2D eigenvalue weighted by Gasteiger charge is 2.38. The van der Waals surface area contributed by atoms with Gasteiger partial charge in [0.25, 0.3) is 5.56 Å². The molecule has 172 valence electrons. The number of halogens is 3. The smallest absolute Gasteiger partial charge is 0.410 e. The lowest BCUT2D eigenvalue weighted by Crippen LogP contribution is -2.43. The Kier molecular flexibility index (Phi) is 6.33. The van der Waals surface area contributed by atoms with Crippen molar-refractivity contribution in [1.29, 1.82) is 0 Å². The lowest BCUT2D eigenvalue weighted by molar-refractivity contribution is -0.175. The van der Waals surface area contributed by atoms with Crippen LogP contribution in [0.1, 0.15) is 58.8 Å². The van der Waals surface area contributed by atoms with Crippen molar-refractivity contribution in [2.75, 3.05) is 13.1 Å². The Bertz CT molecular complexity index is 993. The van der Waals surface area contributed by atoms with Crippen LogP contribution in [0.15, 0.2) is 11.0 Å². The monoisotopic (exact) mass is 443 g/mol. The van der Waals surface area contributed by atoms with Gasteiger partial charge in [0.1, 0.15) is 16.8 Å². The number of carbonyl (C=O) groups is 1. The molecule has 1 amide bonds. The molecule has 1 fully saturated rings. The van der Waals surface area contributed by atoms with E-state index in [2.05, 4.69) is 15.1 Å². The van der Waals surface area contributed by atoms with Gasteiger partial charge in [0.15, 0.2) is 5.65 Å². The van der Waals surface area contributed by atoms with Crippen molar-refractivity contribution in [3.8, 4) is 0 Å². The lowest BCUT2D eigenvalue weighted by Gasteiger charge is -2.34. The molecule has 1 N–H and O–H groups in total. The Hall–Kier alpha value is -2.59. The molecule has 0 saturated carbocycles. The van der Waals surface area contributed by atoms with Crippen molar-refractivity contribution in [2.24, 2.45) is 5.92 Å². The summed E-state index contributed by atoms with van der Waals surface area (Å²) in [6, 6.07) is -0.259. The molecule has 0 aliphatic carbocycles. The highest BCUT2D eigenvalue weighted by Crippen LogP contribution is 2.31. The largest absolute Gasteiger partial charge is 0.444 e. The molecule has 1 saturated heterocycles. The van der Waals surface area contributed by atoms with Crippen LogP contribution in [0.2, 0.25) is 0 Å². The first-order chi connectivity index (χ1) is 14.4. The summed E-state index contributed by atoms with van der Waals surface area (Å²) in [7, 11) is 0. The van der Waals surface area contributed by atoms with Gasteiger partial charge in [-0.1, -0.05) is 6.92 Å². The molecule has 3 rings (SSSR count). The Morgan fingerprint density at radius 2 is 2.06 bits per heavy atom. The van der Waals surface area contributed by atoms with E-state index in [9.17, 15) is 22.8 Å². The molecule has 2 unspecified atom stereocenters. The number of piperidine rings is 1. The van der Waals surface area contributed by atoms with E-state index in [0.29, 0.717) is 25.9 Å². The summed E-state index contributed by atoms with van der Waals surface area (Å²) in [5.41, 5.74) is -0.921. The van der Waals surface area contributed by atoms with Crippen LogP contribution >= 0.6 is 0 Å². The van der Waals surface area contributed by atoms with E-state index in [4.69, 9.17) is 4.74 Å². The maximum absolute atomic E-state index is 13.2. The second-order valence-electron chi connectivity index (χ2n) is 8.91. The number of aromatic nitrogens is 4. The normalized spacial score (nSPS) is 18.9. The molecule has 11 heteroatoms. The molecule has 2 aromatic rings. The lowest BCUT2D eigenvalue weighted by atomic mass is 10.0. The molecule has 1 aliphatic heterocycles. The van der Waals surface area contributed by atoms with Gasteiger partial charge in [-0.2, -0.15) is 18.3 Å². The van der Waals surface area contributed by atoms with Gasteiger partial charge >= 0.3 is 12.3 Å². The summed E-state index contributed by atoms with van der Waals surface area (Å²) in [6.07, 6.45) is -2.58. The minimum atomic E-state index is -4.38. The predicted molar refractivity (Wildman–Crippen MR) is 108 cm³/mol. The first-order valence-electron chi connectivity index (χ1n) is 10.4. The summed E-state index contributed by atoms with van der Waals surface area (Å²) in [5, 5.41) is 4.48. The average molecular weight is 443 g/mol. The maximum Gasteiger partial charge on any atom is 0.410 e. The first-order valence-corrected chi connectivity index (χ1v) is 10.4. The molecule has 0 spiro atoms. The number of ether oxygens (including phenoxy) is 1. The fourth-order valence-corrected chi connectivity index (χ4v) is 3.72. The minimum Gasteiger partial charge on any atom is -0.444 e. The summed E-state index contributed by atoms with van der Waals surface area (Å²) in [5.74, 6) is -1.62. The standard InChI is InChI=1S/C20H28F3N5O3/c1-5-12(20(21,22)23)9-15-25-16-14(17(29)26-15)10-24-28(16)13-7-6-8-27(11-13)18(30)31-19(2,3)4/h10,12-13H,5-9,11H2,1-4H3,(H,25,26,29). The van der Waals surface area contributed by atoms with E-state index in [0.717, 1.165) is 0 Å². The zero-order valence-corrected chi connectivity index (χ0v) is 18.1. The molecule has 3 heterocycles. The molecule has 8 nitrogen and oxygen atoms in total. The summed E-state index contributed by atoms with van der Waals surface area (Å²) in [6.45, 7) is 7.66. The molecule has 2 aromatic heterocycles. The molecule has 0 radical (unpaired) electrons. The van der Waals surface area contributed by atoms with E-state index in [1.807, 2.05) is 0 Å². The van der Waals surface area contributed by atoms with E-state index in [1.165, 1.54) is 13.1 Å². The zero-order valence-electron chi connectivity index (χ0n) is 18.1. The maximum atomic E-state index is 13.2. The number of carbonyl (C=O) groups excluding carboxylic acids is 1. The number of nitrogens with zero attached hydrogens (tertiary/aromatic N) is 4. The number of hydrogen-bond donors (Lipinski definition) is 1. The van der Waals surface area contributed by atoms with Crippen LogP contribution in [-0.2, 0) is 11.2 Å². The topological polar surface area (TPSA) is 93.1 Å². The molecular weight excluding hydrogens is 415 g/mol. The predicted octanol–water partition coefficient (Wildman–Crippen LogP) is 3.82. The summed E-state index contributed by atoms with van der Waals surface area (Å²) in [4.78, 5) is 33.2. The van der Waals surface area contributed by atoms with Gasteiger partial charge in [-0.25, -0.2) is 14.5 Å². The number of likely N-dealkylation sites (tertiary alicyclic amines) is 1. The molecule has 2 atom stereocenters. The number of fused-ring (bicyclic) bond motifs is 1. The number of hydrogen-bond acceptors (Lipinski definition) is 5. The summed E-state index contributed by atoms with van der Waals surface area (Å²) < 4.78 is 46.5. The fraction of sp³-hybridized carbons (Fsp3) is 0.700. The zero-order chi connectivity index (χ0) is 23.0. The van der Waals surface area contributed by atoms with Gasteiger partial charge in [0.05, 0.1) is 18.2 Å². The number of amides is 1. The minimum absolute atomic E-state index is 0.0248. The quantitative estimate of drug-likeness (QED) is 0.775. The Morgan fingerprint density at radius 3 is 2.68 bits per heavy atom. The van der Waals surface area contributed by atoms with E-state index in [-0.39, 0.29) is 29.3 Å². The van der Waals surface area contributed by atoms with Crippen molar-refractivity contribution in [1.82, 2.24) is 24.6 Å². The number of alkyl halides is 3. The Labute approximate surface area is 177 Å². The summed E-state index contributed by atoms with van der Waals surface area (Å²) >= 11 is 0. The highest BCUT2D eigenvalue weighted by molar-refractivity contribution is 5.73. The third-order valence-electron chi connectivity index (χ3n) is 5.30. The number of H-pyrrole nitrogens is 1. The van der Waals surface area contributed by atoms with Crippen LogP contribution in [0.5, 0.6) is 0 Å². The fourth-order valence-electron chi connectivity index (χ4n) is 3.72. The van der Waals surface area contributed by atoms with Crippen molar-refractivity contribution in [3.05, 3.63) is 22.4 Å². The SMILES string of the molecule is CCC(Cc1nc2c(cnn2C2CCCN(C(=O)OC(C)(C)C)C2)c(=O)[nH]1)C(F)(F)F. The molecule has 0 bridgehead atoms. The van der Waals surface area contributed by atoms with Gasteiger partial charge in [-0.15, -0.1) is 0 Å². The molecule has 0 aromatic carbocycles. The van der Waals surface area contributed by atoms with Crippen LogP contribution in [0.4, 0.5) is 18.0 Å². The van der Waals surface area contributed by atoms with Gasteiger partial charge in [-0.3, -0.25) is 4.79 Å². The highest BCUT2D eigenvalue weighted by atomic mass is 19.4. The van der Waals surface area contributed by atoms with E-state index < -0.39 is 35.8 Å². The van der Waals surface area contributed by atoms with Crippen LogP contribution in [0.3, 0.4) is 0 Å². The van der Waals surface area contributed by atoms with Crippen molar-refractivity contribution in [2.45, 2.75) is 71.2 Å². The molecule has 1 aliphatic rings. The van der Waals surface area contributed by atoms with E-state index >= 15 is 0 Å². The molecular formula is C20H28F3N5O3. The van der Waals surface area contributed by atoms with Crippen molar-refractivity contribution in [3.63, 3.8) is 0 Å². The van der Waals surface area contributed by atoms with Gasteiger partial charge < -0.3 is 14.6 Å². The van der Waals surface area contributed by atoms with Gasteiger partial charge in [-0.05, 0) is 40.0 Å². The Morgan fingerprint density at radius 1 is 1.35 bits per heavy atom. The third kappa shape index (κ3) is 5.37. The first kappa shape index (κ1) is 23.1.